The molecule has 0 spiro atoms. The Morgan fingerprint density at radius 1 is 0.246 bits per heavy atom. The first-order chi connectivity index (χ1) is 28.3. The van der Waals surface area contributed by atoms with E-state index in [-0.39, 0.29) is 0 Å². The normalized spacial score (nSPS) is 11.5. The summed E-state index contributed by atoms with van der Waals surface area (Å²) in [6.07, 6.45) is 0. The van der Waals surface area contributed by atoms with Gasteiger partial charge >= 0.3 is 0 Å². The van der Waals surface area contributed by atoms with E-state index in [1.165, 1.54) is 60.3 Å². The van der Waals surface area contributed by atoms with Gasteiger partial charge in [-0.2, -0.15) is 0 Å². The Morgan fingerprint density at radius 3 is 1.23 bits per heavy atom. The Hall–Kier alpha value is -7.62. The molecule has 2 aromatic heterocycles. The molecule has 0 N–H and O–H groups in total. The molecule has 0 aliphatic rings. The molecule has 2 heterocycles. The van der Waals surface area contributed by atoms with Crippen LogP contribution in [0.2, 0.25) is 0 Å². The van der Waals surface area contributed by atoms with Crippen molar-refractivity contribution in [2.45, 2.75) is 0 Å². The van der Waals surface area contributed by atoms with Crippen LogP contribution >= 0.6 is 0 Å². The zero-order valence-corrected chi connectivity index (χ0v) is 31.2. The molecular weight excluding hydrogens is 691 g/mol. The van der Waals surface area contributed by atoms with Gasteiger partial charge in [0, 0.05) is 50.0 Å². The zero-order valence-electron chi connectivity index (χ0n) is 31.2. The van der Waals surface area contributed by atoms with Gasteiger partial charge in [0.2, 0.25) is 0 Å². The lowest BCUT2D eigenvalue weighted by atomic mass is 9.96. The monoisotopic (exact) mass is 727 g/mol. The molecule has 0 amide bonds. The highest BCUT2D eigenvalue weighted by atomic mass is 15.1. The fourth-order valence-corrected chi connectivity index (χ4v) is 8.71. The van der Waals surface area contributed by atoms with Gasteiger partial charge < -0.3 is 14.0 Å². The number of hydrogen-bond donors (Lipinski definition) is 0. The summed E-state index contributed by atoms with van der Waals surface area (Å²) in [6, 6.07) is 81.1. The summed E-state index contributed by atoms with van der Waals surface area (Å²) < 4.78 is 4.82. The number of hydrogen-bond acceptors (Lipinski definition) is 1. The largest absolute Gasteiger partial charge is 0.310 e. The fourth-order valence-electron chi connectivity index (χ4n) is 8.71. The minimum absolute atomic E-state index is 1.10. The predicted octanol–water partition coefficient (Wildman–Crippen LogP) is 14.7. The summed E-state index contributed by atoms with van der Waals surface area (Å²) in [5.74, 6) is 0. The second-order valence-electron chi connectivity index (χ2n) is 14.6. The highest BCUT2D eigenvalue weighted by molar-refractivity contribution is 6.11. The number of para-hydroxylation sites is 5. The van der Waals surface area contributed by atoms with E-state index >= 15 is 0 Å². The highest BCUT2D eigenvalue weighted by Gasteiger charge is 2.18. The maximum Gasteiger partial charge on any atom is 0.0541 e. The summed E-state index contributed by atoms with van der Waals surface area (Å²) in [5.41, 5.74) is 15.1. The number of nitrogens with zero attached hydrogens (tertiary/aromatic N) is 3. The number of anilines is 3. The quantitative estimate of drug-likeness (QED) is 0.159. The van der Waals surface area contributed by atoms with Gasteiger partial charge in [0.1, 0.15) is 0 Å². The first-order valence-corrected chi connectivity index (χ1v) is 19.5. The van der Waals surface area contributed by atoms with E-state index in [4.69, 9.17) is 0 Å². The molecule has 11 rings (SSSR count). The van der Waals surface area contributed by atoms with Gasteiger partial charge in [0.25, 0.3) is 0 Å². The van der Waals surface area contributed by atoms with Crippen molar-refractivity contribution in [1.82, 2.24) is 9.13 Å². The van der Waals surface area contributed by atoms with Crippen LogP contribution in [0, 0.1) is 0 Å². The molecule has 3 heteroatoms. The molecule has 0 saturated heterocycles. The van der Waals surface area contributed by atoms with Crippen LogP contribution in [-0.2, 0) is 0 Å². The van der Waals surface area contributed by atoms with Gasteiger partial charge in [-0.1, -0.05) is 133 Å². The van der Waals surface area contributed by atoms with Crippen molar-refractivity contribution >= 4 is 60.7 Å². The third-order valence-electron chi connectivity index (χ3n) is 11.2. The van der Waals surface area contributed by atoms with Crippen LogP contribution in [0.25, 0.3) is 77.2 Å². The number of fused-ring (bicyclic) bond motifs is 6. The highest BCUT2D eigenvalue weighted by Crippen LogP contribution is 2.42. The van der Waals surface area contributed by atoms with Gasteiger partial charge in [0.15, 0.2) is 0 Å². The molecule has 0 fully saturated rings. The van der Waals surface area contributed by atoms with Crippen molar-refractivity contribution < 1.29 is 0 Å². The van der Waals surface area contributed by atoms with Crippen molar-refractivity contribution in [3.63, 3.8) is 0 Å². The first-order valence-electron chi connectivity index (χ1n) is 19.5. The van der Waals surface area contributed by atoms with Crippen molar-refractivity contribution in [3.8, 4) is 33.6 Å². The summed E-state index contributed by atoms with van der Waals surface area (Å²) in [7, 11) is 0. The lowest BCUT2D eigenvalue weighted by Crippen LogP contribution is -2.10. The van der Waals surface area contributed by atoms with Crippen LogP contribution in [0.3, 0.4) is 0 Å². The average Bonchev–Trinajstić information content (AvgIpc) is 3.80. The number of benzene rings is 9. The maximum atomic E-state index is 2.42. The third kappa shape index (κ3) is 5.60. The SMILES string of the molecule is c1ccc(-c2cc(-c3ccc4c(c3)c3ccccc3n4-c3cccc(-n4c5ccccc5c5ccccc54)c3)cc(N(c3ccccc3)c3ccccc3)c2)cc1. The summed E-state index contributed by atoms with van der Waals surface area (Å²) in [5, 5.41) is 4.97. The second-order valence-corrected chi connectivity index (χ2v) is 14.6. The Balaban J connectivity index is 1.10. The molecule has 0 atom stereocenters. The minimum Gasteiger partial charge on any atom is -0.310 e. The smallest absolute Gasteiger partial charge is 0.0541 e. The van der Waals surface area contributed by atoms with Crippen molar-refractivity contribution in [2.24, 2.45) is 0 Å². The van der Waals surface area contributed by atoms with Crippen molar-refractivity contribution in [3.05, 3.63) is 224 Å². The number of aromatic nitrogens is 2. The predicted molar refractivity (Wildman–Crippen MR) is 241 cm³/mol. The Bertz CT molecular complexity index is 3140. The van der Waals surface area contributed by atoms with Crippen molar-refractivity contribution in [1.29, 1.82) is 0 Å². The fraction of sp³-hybridized carbons (Fsp3) is 0. The first kappa shape index (κ1) is 32.8. The molecule has 11 aromatic rings. The standard InChI is InChI=1S/C54H37N3/c1-4-17-38(18-5-1)40-33-41(35-46(34-40)55(42-19-6-2-7-20-42)43-21-8-3-9-22-43)39-31-32-54-50(36-39)49-27-12-15-30-53(49)57(54)45-24-16-23-44(37-45)56-51-28-13-10-25-47(51)48-26-11-14-29-52(48)56/h1-37H. The lowest BCUT2D eigenvalue weighted by molar-refractivity contribution is 1.13. The Labute approximate surface area is 331 Å². The zero-order chi connectivity index (χ0) is 37.7. The van der Waals surface area contributed by atoms with Gasteiger partial charge in [-0.15, -0.1) is 0 Å². The molecule has 0 saturated carbocycles. The molecule has 268 valence electrons. The molecule has 0 aliphatic carbocycles. The average molecular weight is 728 g/mol. The molecule has 3 nitrogen and oxygen atoms in total. The lowest BCUT2D eigenvalue weighted by Gasteiger charge is -2.26. The molecule has 0 unspecified atom stereocenters. The van der Waals surface area contributed by atoms with E-state index in [9.17, 15) is 0 Å². The van der Waals surface area contributed by atoms with E-state index in [2.05, 4.69) is 238 Å². The number of rotatable bonds is 7. The molecule has 0 bridgehead atoms. The van der Waals surface area contributed by atoms with E-state index < -0.39 is 0 Å². The molecule has 57 heavy (non-hydrogen) atoms. The van der Waals surface area contributed by atoms with E-state index in [0.29, 0.717) is 0 Å². The minimum atomic E-state index is 1.10. The van der Waals surface area contributed by atoms with E-state index in [1.807, 2.05) is 0 Å². The Morgan fingerprint density at radius 2 is 0.684 bits per heavy atom. The van der Waals surface area contributed by atoms with Crippen LogP contribution in [0.15, 0.2) is 224 Å². The van der Waals surface area contributed by atoms with Gasteiger partial charge in [-0.3, -0.25) is 0 Å². The summed E-state index contributed by atoms with van der Waals surface area (Å²) in [4.78, 5) is 2.35. The van der Waals surface area contributed by atoms with Crippen LogP contribution in [0.5, 0.6) is 0 Å². The molecule has 9 aromatic carbocycles. The van der Waals surface area contributed by atoms with Crippen molar-refractivity contribution in [2.75, 3.05) is 4.90 Å². The van der Waals surface area contributed by atoms with Crippen LogP contribution < -0.4 is 4.90 Å². The Kier molecular flexibility index (Phi) is 7.82. The van der Waals surface area contributed by atoms with Gasteiger partial charge in [-0.05, 0) is 113 Å². The van der Waals surface area contributed by atoms with Gasteiger partial charge in [-0.25, -0.2) is 0 Å². The maximum absolute atomic E-state index is 2.42. The third-order valence-corrected chi connectivity index (χ3v) is 11.2. The van der Waals surface area contributed by atoms with Crippen LogP contribution in [0.1, 0.15) is 0 Å². The van der Waals surface area contributed by atoms with E-state index in [0.717, 1.165) is 34.0 Å². The van der Waals surface area contributed by atoms with Crippen LogP contribution in [-0.4, -0.2) is 9.13 Å². The summed E-state index contributed by atoms with van der Waals surface area (Å²) >= 11 is 0. The molecule has 0 aliphatic heterocycles. The topological polar surface area (TPSA) is 13.1 Å². The van der Waals surface area contributed by atoms with Crippen LogP contribution in [0.4, 0.5) is 17.1 Å². The second kappa shape index (κ2) is 13.6. The molecule has 0 radical (unpaired) electrons. The van der Waals surface area contributed by atoms with Gasteiger partial charge in [0.05, 0.1) is 22.1 Å². The van der Waals surface area contributed by atoms with E-state index in [1.54, 1.807) is 0 Å². The molecular formula is C54H37N3. The summed E-state index contributed by atoms with van der Waals surface area (Å²) in [6.45, 7) is 0.